The molecule has 5 rings (SSSR count). The molecular formula is C30H32N2O5S. The predicted octanol–water partition coefficient (Wildman–Crippen LogP) is 6.12. The zero-order valence-corrected chi connectivity index (χ0v) is 23.0. The van der Waals surface area contributed by atoms with Crippen molar-refractivity contribution >= 4 is 28.1 Å². The predicted molar refractivity (Wildman–Crippen MR) is 150 cm³/mol. The first-order valence-corrected chi connectivity index (χ1v) is 13.5. The number of aromatic nitrogens is 1. The molecule has 38 heavy (non-hydrogen) atoms. The van der Waals surface area contributed by atoms with Gasteiger partial charge in [-0.15, -0.1) is 11.3 Å². The van der Waals surface area contributed by atoms with E-state index in [4.69, 9.17) is 23.9 Å². The third-order valence-corrected chi connectivity index (χ3v) is 7.82. The average Bonchev–Trinajstić information content (AvgIpc) is 3.63. The monoisotopic (exact) mass is 532 g/mol. The highest BCUT2D eigenvalue weighted by Gasteiger charge is 2.27. The van der Waals surface area contributed by atoms with Crippen LogP contribution in [0.1, 0.15) is 33.0 Å². The van der Waals surface area contributed by atoms with Gasteiger partial charge in [0.05, 0.1) is 38.0 Å². The maximum absolute atomic E-state index is 13.8. The second kappa shape index (κ2) is 11.4. The lowest BCUT2D eigenvalue weighted by atomic mass is 10.0. The minimum Gasteiger partial charge on any atom is -0.496 e. The number of rotatable bonds is 9. The topological polar surface area (TPSA) is 70.1 Å². The number of thiophene rings is 1. The number of benzene rings is 2. The number of methoxy groups -OCH3 is 3. The van der Waals surface area contributed by atoms with Gasteiger partial charge in [0, 0.05) is 35.5 Å². The highest BCUT2D eigenvalue weighted by molar-refractivity contribution is 7.13. The second-order valence-corrected chi connectivity index (χ2v) is 10.6. The number of carbonyl (C=O) groups excluding carboxylic acids is 1. The number of hydrogen-bond donors (Lipinski definition) is 0. The first kappa shape index (κ1) is 26.0. The van der Waals surface area contributed by atoms with Crippen molar-refractivity contribution < 1.29 is 23.7 Å². The first-order chi connectivity index (χ1) is 18.5. The fourth-order valence-electron chi connectivity index (χ4n) is 4.95. The van der Waals surface area contributed by atoms with Gasteiger partial charge < -0.3 is 23.8 Å². The van der Waals surface area contributed by atoms with Crippen LogP contribution < -0.4 is 14.2 Å². The molecule has 1 saturated heterocycles. The molecule has 1 aliphatic rings. The summed E-state index contributed by atoms with van der Waals surface area (Å²) in [6.07, 6.45) is 1.96. The van der Waals surface area contributed by atoms with E-state index < -0.39 is 0 Å². The van der Waals surface area contributed by atoms with E-state index in [1.807, 2.05) is 60.4 Å². The number of fused-ring (bicyclic) bond motifs is 1. The first-order valence-electron chi connectivity index (χ1n) is 12.7. The van der Waals surface area contributed by atoms with Gasteiger partial charge in [-0.25, -0.2) is 4.98 Å². The Morgan fingerprint density at radius 2 is 1.79 bits per heavy atom. The number of carbonyl (C=O) groups is 1. The minimum absolute atomic E-state index is 0.0118. The summed E-state index contributed by atoms with van der Waals surface area (Å²) >= 11 is 1.51. The quantitative estimate of drug-likeness (QED) is 0.259. The van der Waals surface area contributed by atoms with Crippen molar-refractivity contribution in [3.8, 4) is 28.5 Å². The van der Waals surface area contributed by atoms with Crippen LogP contribution in [0.25, 0.3) is 22.2 Å². The summed E-state index contributed by atoms with van der Waals surface area (Å²) in [5.74, 6) is 2.02. The van der Waals surface area contributed by atoms with Crippen LogP contribution in [0.4, 0.5) is 0 Å². The van der Waals surface area contributed by atoms with Crippen molar-refractivity contribution in [2.75, 3.05) is 34.5 Å². The Labute approximate surface area is 226 Å². The van der Waals surface area contributed by atoms with Crippen LogP contribution in [0.3, 0.4) is 0 Å². The summed E-state index contributed by atoms with van der Waals surface area (Å²) in [5, 5.41) is 0.817. The molecule has 1 aliphatic heterocycles. The van der Waals surface area contributed by atoms with Crippen molar-refractivity contribution in [1.29, 1.82) is 0 Å². The number of aryl methyl sites for hydroxylation is 1. The smallest absolute Gasteiger partial charge is 0.264 e. The number of para-hydroxylation sites is 1. The molecule has 198 valence electrons. The van der Waals surface area contributed by atoms with Gasteiger partial charge in [0.1, 0.15) is 22.8 Å². The van der Waals surface area contributed by atoms with E-state index in [2.05, 4.69) is 6.07 Å². The maximum atomic E-state index is 13.8. The van der Waals surface area contributed by atoms with E-state index in [9.17, 15) is 4.79 Å². The number of hydrogen-bond acceptors (Lipinski definition) is 7. The molecule has 2 aromatic carbocycles. The molecule has 0 bridgehead atoms. The molecule has 0 saturated carbocycles. The van der Waals surface area contributed by atoms with Gasteiger partial charge in [-0.1, -0.05) is 12.1 Å². The van der Waals surface area contributed by atoms with Crippen LogP contribution in [0, 0.1) is 6.92 Å². The Morgan fingerprint density at radius 3 is 2.47 bits per heavy atom. The highest BCUT2D eigenvalue weighted by Crippen LogP contribution is 2.39. The third kappa shape index (κ3) is 5.19. The summed E-state index contributed by atoms with van der Waals surface area (Å²) in [5.41, 5.74) is 3.14. The molecule has 1 atom stereocenters. The molecule has 7 nitrogen and oxygen atoms in total. The molecular weight excluding hydrogens is 500 g/mol. The second-order valence-electron chi connectivity index (χ2n) is 9.29. The van der Waals surface area contributed by atoms with E-state index in [1.54, 1.807) is 21.3 Å². The van der Waals surface area contributed by atoms with Crippen molar-refractivity contribution in [2.45, 2.75) is 32.4 Å². The van der Waals surface area contributed by atoms with E-state index in [1.165, 1.54) is 11.3 Å². The molecule has 0 spiro atoms. The maximum Gasteiger partial charge on any atom is 0.264 e. The minimum atomic E-state index is -0.0118. The fraction of sp³-hybridized carbons (Fsp3) is 0.333. The van der Waals surface area contributed by atoms with E-state index in [-0.39, 0.29) is 12.0 Å². The molecule has 1 unspecified atom stereocenters. The van der Waals surface area contributed by atoms with Crippen LogP contribution in [0.5, 0.6) is 17.2 Å². The van der Waals surface area contributed by atoms with Crippen LogP contribution in [0.2, 0.25) is 0 Å². The molecule has 3 heterocycles. The van der Waals surface area contributed by atoms with Gasteiger partial charge in [0.2, 0.25) is 0 Å². The van der Waals surface area contributed by atoms with Gasteiger partial charge in [0.15, 0.2) is 0 Å². The summed E-state index contributed by atoms with van der Waals surface area (Å²) in [7, 11) is 4.92. The van der Waals surface area contributed by atoms with Gasteiger partial charge in [0.25, 0.3) is 5.91 Å². The molecule has 0 aliphatic carbocycles. The van der Waals surface area contributed by atoms with Gasteiger partial charge in [-0.05, 0) is 67.8 Å². The number of pyridine rings is 1. The number of ether oxygens (including phenoxy) is 4. The number of nitrogens with zero attached hydrogens (tertiary/aromatic N) is 2. The molecule has 1 amide bonds. The SMILES string of the molecule is COc1ccccc1-c1nc2c(OC)ccc(OC)c2cc1CN(CC1CCCO1)C(=O)c1ccc(C)s1. The normalized spacial score (nSPS) is 15.0. The third-order valence-electron chi connectivity index (χ3n) is 6.84. The van der Waals surface area contributed by atoms with Crippen molar-refractivity contribution in [2.24, 2.45) is 0 Å². The van der Waals surface area contributed by atoms with E-state index in [0.29, 0.717) is 40.7 Å². The Kier molecular flexibility index (Phi) is 7.81. The van der Waals surface area contributed by atoms with Gasteiger partial charge >= 0.3 is 0 Å². The Morgan fingerprint density at radius 1 is 1.03 bits per heavy atom. The highest BCUT2D eigenvalue weighted by atomic mass is 32.1. The lowest BCUT2D eigenvalue weighted by molar-refractivity contribution is 0.0511. The van der Waals surface area contributed by atoms with Crippen molar-refractivity contribution in [1.82, 2.24) is 9.88 Å². The molecule has 0 N–H and O–H groups in total. The lowest BCUT2D eigenvalue weighted by Crippen LogP contribution is -2.36. The van der Waals surface area contributed by atoms with Gasteiger partial charge in [-0.2, -0.15) is 0 Å². The summed E-state index contributed by atoms with van der Waals surface area (Å²) < 4.78 is 23.0. The molecule has 1 fully saturated rings. The Hall–Kier alpha value is -3.62. The Bertz CT molecular complexity index is 1440. The lowest BCUT2D eigenvalue weighted by Gasteiger charge is -2.26. The van der Waals surface area contributed by atoms with Crippen molar-refractivity contribution in [3.63, 3.8) is 0 Å². The summed E-state index contributed by atoms with van der Waals surface area (Å²) in [6, 6.07) is 17.5. The van der Waals surface area contributed by atoms with Crippen LogP contribution in [0.15, 0.2) is 54.6 Å². The molecule has 0 radical (unpaired) electrons. The van der Waals surface area contributed by atoms with Gasteiger partial charge in [-0.3, -0.25) is 4.79 Å². The van der Waals surface area contributed by atoms with Crippen LogP contribution in [-0.2, 0) is 11.3 Å². The van der Waals surface area contributed by atoms with Crippen LogP contribution >= 0.6 is 11.3 Å². The molecule has 8 heteroatoms. The standard InChI is InChI=1S/C30H32N2O5S/c1-19-11-14-27(38-19)30(33)32(18-21-8-7-15-37-21)17-20-16-23-25(35-3)12-13-26(36-4)29(23)31-28(20)22-9-5-6-10-24(22)34-2/h5-6,9-14,16,21H,7-8,15,17-18H2,1-4H3. The van der Waals surface area contributed by atoms with E-state index in [0.717, 1.165) is 46.5 Å². The zero-order chi connectivity index (χ0) is 26.6. The van der Waals surface area contributed by atoms with Crippen molar-refractivity contribution in [3.05, 3.63) is 69.9 Å². The molecule has 4 aromatic rings. The molecule has 2 aromatic heterocycles. The summed E-state index contributed by atoms with van der Waals surface area (Å²) in [6.45, 7) is 3.60. The largest absolute Gasteiger partial charge is 0.496 e. The Balaban J connectivity index is 1.67. The fourth-order valence-corrected chi connectivity index (χ4v) is 5.79. The van der Waals surface area contributed by atoms with Crippen LogP contribution in [-0.4, -0.2) is 56.4 Å². The average molecular weight is 533 g/mol. The zero-order valence-electron chi connectivity index (χ0n) is 22.2. The summed E-state index contributed by atoms with van der Waals surface area (Å²) in [4.78, 5) is 22.6. The van der Waals surface area contributed by atoms with E-state index >= 15 is 0 Å². The number of amides is 1.